The van der Waals surface area contributed by atoms with Gasteiger partial charge in [0.15, 0.2) is 6.61 Å². The fourth-order valence-corrected chi connectivity index (χ4v) is 2.71. The Labute approximate surface area is 148 Å². The van der Waals surface area contributed by atoms with Crippen LogP contribution in [0.3, 0.4) is 0 Å². The van der Waals surface area contributed by atoms with Gasteiger partial charge in [0, 0.05) is 12.5 Å². The minimum atomic E-state index is -3.65. The molecule has 3 aromatic rings. The summed E-state index contributed by atoms with van der Waals surface area (Å²) in [5.41, 5.74) is 0.805. The van der Waals surface area contributed by atoms with E-state index in [4.69, 9.17) is 4.74 Å². The van der Waals surface area contributed by atoms with Gasteiger partial charge in [-0.1, -0.05) is 48.5 Å². The number of halogens is 2. The summed E-state index contributed by atoms with van der Waals surface area (Å²) in [5.74, 6) is -6.30. The fourth-order valence-electron chi connectivity index (χ4n) is 2.71. The van der Waals surface area contributed by atoms with Gasteiger partial charge in [-0.2, -0.15) is 8.78 Å². The maximum Gasteiger partial charge on any atom is 0.377 e. The van der Waals surface area contributed by atoms with Crippen LogP contribution in [-0.4, -0.2) is 24.5 Å². The third-order valence-electron chi connectivity index (χ3n) is 3.94. The molecule has 0 aromatic heterocycles. The second-order valence-corrected chi connectivity index (χ2v) is 5.92. The molecule has 0 N–H and O–H groups in total. The van der Waals surface area contributed by atoms with Crippen LogP contribution in [0.1, 0.15) is 12.5 Å². The van der Waals surface area contributed by atoms with Gasteiger partial charge >= 0.3 is 17.9 Å². The molecule has 3 rings (SSSR count). The van der Waals surface area contributed by atoms with E-state index in [0.717, 1.165) is 27.1 Å². The smallest absolute Gasteiger partial charge is 0.377 e. The first-order chi connectivity index (χ1) is 12.4. The molecule has 0 unspecified atom stereocenters. The summed E-state index contributed by atoms with van der Waals surface area (Å²) in [6.07, 6.45) is 0. The van der Waals surface area contributed by atoms with Crippen LogP contribution in [0.15, 0.2) is 54.6 Å². The molecule has 6 heteroatoms. The maximum atomic E-state index is 12.7. The summed E-state index contributed by atoms with van der Waals surface area (Å²) in [5, 5.41) is 3.84. The van der Waals surface area contributed by atoms with Crippen molar-refractivity contribution in [2.75, 3.05) is 6.61 Å². The highest BCUT2D eigenvalue weighted by Crippen LogP contribution is 2.29. The first-order valence-electron chi connectivity index (χ1n) is 7.96. The molecule has 0 aliphatic heterocycles. The molecule has 0 aliphatic carbocycles. The number of rotatable bonds is 5. The molecule has 0 fully saturated rings. The summed E-state index contributed by atoms with van der Waals surface area (Å²) >= 11 is 0. The van der Waals surface area contributed by atoms with E-state index in [1.807, 2.05) is 54.6 Å². The Morgan fingerprint density at radius 1 is 0.923 bits per heavy atom. The van der Waals surface area contributed by atoms with Gasteiger partial charge in [-0.3, -0.25) is 0 Å². The average molecular weight is 358 g/mol. The van der Waals surface area contributed by atoms with Gasteiger partial charge in [-0.05, 0) is 27.6 Å². The molecule has 0 atom stereocenters. The van der Waals surface area contributed by atoms with Crippen LogP contribution in [0.5, 0.6) is 0 Å². The molecule has 0 radical (unpaired) electrons. The Hall–Kier alpha value is -3.02. The van der Waals surface area contributed by atoms with Gasteiger partial charge in [-0.25, -0.2) is 9.59 Å². The third kappa shape index (κ3) is 3.79. The molecule has 0 spiro atoms. The van der Waals surface area contributed by atoms with Crippen LogP contribution in [0.2, 0.25) is 0 Å². The fraction of sp³-hybridized carbons (Fsp3) is 0.200. The van der Waals surface area contributed by atoms with Crippen LogP contribution in [0, 0.1) is 0 Å². The largest absolute Gasteiger partial charge is 0.458 e. The minimum absolute atomic E-state index is 0.0548. The second kappa shape index (κ2) is 7.07. The van der Waals surface area contributed by atoms with Crippen LogP contribution in [0.4, 0.5) is 8.78 Å². The number of fused-ring (bicyclic) bond motifs is 2. The van der Waals surface area contributed by atoms with E-state index in [2.05, 4.69) is 4.74 Å². The van der Waals surface area contributed by atoms with Crippen molar-refractivity contribution in [1.29, 1.82) is 0 Å². The van der Waals surface area contributed by atoms with Crippen LogP contribution >= 0.6 is 0 Å². The van der Waals surface area contributed by atoms with Crippen molar-refractivity contribution in [3.8, 4) is 0 Å². The lowest BCUT2D eigenvalue weighted by Crippen LogP contribution is -2.29. The zero-order chi connectivity index (χ0) is 18.7. The molecule has 0 heterocycles. The lowest BCUT2D eigenvalue weighted by atomic mass is 9.97. The van der Waals surface area contributed by atoms with E-state index in [0.29, 0.717) is 6.92 Å². The number of benzene rings is 3. The number of ether oxygens (including phenoxy) is 2. The van der Waals surface area contributed by atoms with Crippen molar-refractivity contribution in [1.82, 2.24) is 0 Å². The Morgan fingerprint density at radius 3 is 2.00 bits per heavy atom. The van der Waals surface area contributed by atoms with Crippen LogP contribution in [-0.2, 0) is 25.7 Å². The number of alkyl halides is 2. The summed E-state index contributed by atoms with van der Waals surface area (Å²) in [6, 6.07) is 17.4. The van der Waals surface area contributed by atoms with E-state index in [1.165, 1.54) is 0 Å². The van der Waals surface area contributed by atoms with Crippen molar-refractivity contribution in [3.05, 3.63) is 60.2 Å². The number of carbonyl (C=O) groups excluding carboxylic acids is 2. The first-order valence-corrected chi connectivity index (χ1v) is 7.96. The Morgan fingerprint density at radius 2 is 1.46 bits per heavy atom. The van der Waals surface area contributed by atoms with Crippen molar-refractivity contribution in [2.24, 2.45) is 0 Å². The number of esters is 2. The number of carbonyl (C=O) groups is 2. The SMILES string of the molecule is CC(F)(F)C(=O)OCC(=O)OCc1c2ccccc2cc2ccccc12. The van der Waals surface area contributed by atoms with Gasteiger partial charge in [0.2, 0.25) is 0 Å². The highest BCUT2D eigenvalue weighted by molar-refractivity contribution is 6.02. The minimum Gasteiger partial charge on any atom is -0.458 e. The van der Waals surface area contributed by atoms with Gasteiger partial charge in [-0.15, -0.1) is 0 Å². The molecule has 0 saturated carbocycles. The molecular weight excluding hydrogens is 342 g/mol. The molecule has 26 heavy (non-hydrogen) atoms. The Bertz CT molecular complexity index is 922. The van der Waals surface area contributed by atoms with Crippen LogP contribution < -0.4 is 0 Å². The molecule has 134 valence electrons. The molecule has 0 bridgehead atoms. The average Bonchev–Trinajstić information content (AvgIpc) is 2.62. The summed E-state index contributed by atoms with van der Waals surface area (Å²) in [4.78, 5) is 22.8. The van der Waals surface area contributed by atoms with E-state index < -0.39 is 24.5 Å². The van der Waals surface area contributed by atoms with Gasteiger partial charge in [0.1, 0.15) is 6.61 Å². The summed E-state index contributed by atoms with van der Waals surface area (Å²) in [7, 11) is 0. The first kappa shape index (κ1) is 17.8. The normalized spacial score (nSPS) is 11.5. The highest BCUT2D eigenvalue weighted by atomic mass is 19.3. The Kier molecular flexibility index (Phi) is 4.84. The van der Waals surface area contributed by atoms with E-state index in [-0.39, 0.29) is 6.61 Å². The zero-order valence-corrected chi connectivity index (χ0v) is 14.0. The molecule has 3 aromatic carbocycles. The van der Waals surface area contributed by atoms with Crippen molar-refractivity contribution in [2.45, 2.75) is 19.5 Å². The molecule has 0 aliphatic rings. The predicted molar refractivity (Wildman–Crippen MR) is 92.8 cm³/mol. The molecular formula is C20H16F2O4. The molecule has 4 nitrogen and oxygen atoms in total. The van der Waals surface area contributed by atoms with Gasteiger partial charge in [0.25, 0.3) is 0 Å². The second-order valence-electron chi connectivity index (χ2n) is 5.92. The quantitative estimate of drug-likeness (QED) is 0.506. The Balaban J connectivity index is 1.79. The monoisotopic (exact) mass is 358 g/mol. The zero-order valence-electron chi connectivity index (χ0n) is 14.0. The van der Waals surface area contributed by atoms with Crippen molar-refractivity contribution in [3.63, 3.8) is 0 Å². The van der Waals surface area contributed by atoms with E-state index in [1.54, 1.807) is 0 Å². The van der Waals surface area contributed by atoms with Gasteiger partial charge in [0.05, 0.1) is 0 Å². The lowest BCUT2D eigenvalue weighted by Gasteiger charge is -2.13. The maximum absolute atomic E-state index is 12.7. The lowest BCUT2D eigenvalue weighted by molar-refractivity contribution is -0.175. The van der Waals surface area contributed by atoms with Crippen molar-refractivity contribution < 1.29 is 27.8 Å². The van der Waals surface area contributed by atoms with Crippen molar-refractivity contribution >= 4 is 33.5 Å². The molecule has 0 amide bonds. The topological polar surface area (TPSA) is 52.6 Å². The molecule has 0 saturated heterocycles. The van der Waals surface area contributed by atoms with E-state index >= 15 is 0 Å². The summed E-state index contributed by atoms with van der Waals surface area (Å²) < 4.78 is 34.9. The van der Waals surface area contributed by atoms with Crippen LogP contribution in [0.25, 0.3) is 21.5 Å². The number of hydrogen-bond donors (Lipinski definition) is 0. The van der Waals surface area contributed by atoms with E-state index in [9.17, 15) is 18.4 Å². The standard InChI is InChI=1S/C20H16F2O4/c1-20(21,22)19(24)26-12-18(23)25-11-17-15-8-4-2-6-13(15)10-14-7-3-5-9-16(14)17/h2-10H,11-12H2,1H3. The van der Waals surface area contributed by atoms with Gasteiger partial charge < -0.3 is 9.47 Å². The third-order valence-corrected chi connectivity index (χ3v) is 3.94. The highest BCUT2D eigenvalue weighted by Gasteiger charge is 2.34. The predicted octanol–water partition coefficient (Wildman–Crippen LogP) is 4.23. The summed E-state index contributed by atoms with van der Waals surface area (Å²) in [6.45, 7) is -0.505. The number of hydrogen-bond acceptors (Lipinski definition) is 4.